The summed E-state index contributed by atoms with van der Waals surface area (Å²) in [6, 6.07) is 0. The molecule has 0 aromatic rings. The Bertz CT molecular complexity index is 456. The quantitative estimate of drug-likeness (QED) is 0.528. The van der Waals surface area contributed by atoms with Crippen molar-refractivity contribution in [1.82, 2.24) is 14.3 Å². The van der Waals surface area contributed by atoms with E-state index in [1.807, 2.05) is 0 Å². The Morgan fingerprint density at radius 2 is 1.80 bits per heavy atom. The molecule has 0 aromatic carbocycles. The van der Waals surface area contributed by atoms with Crippen LogP contribution in [0.2, 0.25) is 0 Å². The molecule has 1 rings (SSSR count). The van der Waals surface area contributed by atoms with Gasteiger partial charge in [-0.25, -0.2) is 0 Å². The van der Waals surface area contributed by atoms with Gasteiger partial charge in [-0.1, -0.05) is 0 Å². The van der Waals surface area contributed by atoms with E-state index >= 15 is 0 Å². The number of hydrogen-bond acceptors (Lipinski definition) is 5. The Morgan fingerprint density at radius 1 is 1.25 bits per heavy atom. The van der Waals surface area contributed by atoms with Crippen LogP contribution in [0, 0.1) is 0 Å². The van der Waals surface area contributed by atoms with Crippen LogP contribution in [0.15, 0.2) is 0 Å². The lowest BCUT2D eigenvalue weighted by molar-refractivity contribution is -0.137. The van der Waals surface area contributed by atoms with Crippen LogP contribution in [0.1, 0.15) is 13.8 Å². The van der Waals surface area contributed by atoms with Crippen molar-refractivity contribution in [3.63, 3.8) is 0 Å². The van der Waals surface area contributed by atoms with E-state index < -0.39 is 35.2 Å². The Labute approximate surface area is 117 Å². The molecule has 1 aliphatic rings. The van der Waals surface area contributed by atoms with Crippen molar-refractivity contribution in [2.75, 3.05) is 26.2 Å². The average Bonchev–Trinajstić information content (AvgIpc) is 2.32. The number of ether oxygens (including phenoxy) is 1. The summed E-state index contributed by atoms with van der Waals surface area (Å²) < 4.78 is 32.7. The molecule has 1 heterocycles. The summed E-state index contributed by atoms with van der Waals surface area (Å²) in [5.74, 6) is -1.90. The summed E-state index contributed by atoms with van der Waals surface area (Å²) in [4.78, 5) is 21.5. The molecule has 1 saturated heterocycles. The highest BCUT2D eigenvalue weighted by Crippen LogP contribution is 2.13. The standard InChI is InChI=1S/C10H19N3O6S/c1-7-5-13(6-8(2)19-7)20(17,18)12-3-9(14)11-4-10(15)16/h7-8,12H,3-6H2,1-2H3,(H,11,14)(H,15,16). The lowest BCUT2D eigenvalue weighted by Crippen LogP contribution is -2.53. The summed E-state index contributed by atoms with van der Waals surface area (Å²) in [5, 5.41) is 10.4. The first-order valence-electron chi connectivity index (χ1n) is 6.09. The van der Waals surface area contributed by atoms with Crippen LogP contribution >= 0.6 is 0 Å². The fourth-order valence-electron chi connectivity index (χ4n) is 1.81. The smallest absolute Gasteiger partial charge is 0.322 e. The maximum atomic E-state index is 12.0. The summed E-state index contributed by atoms with van der Waals surface area (Å²) in [6.07, 6.45) is -0.452. The molecule has 10 heteroatoms. The van der Waals surface area contributed by atoms with Crippen LogP contribution in [0.3, 0.4) is 0 Å². The van der Waals surface area contributed by atoms with E-state index in [4.69, 9.17) is 9.84 Å². The van der Waals surface area contributed by atoms with Gasteiger partial charge in [0.25, 0.3) is 10.2 Å². The van der Waals surface area contributed by atoms with Gasteiger partial charge in [-0.2, -0.15) is 17.4 Å². The van der Waals surface area contributed by atoms with Crippen LogP contribution in [0.4, 0.5) is 0 Å². The molecule has 2 unspecified atom stereocenters. The Kier molecular flexibility index (Phi) is 5.87. The maximum Gasteiger partial charge on any atom is 0.322 e. The Balaban J connectivity index is 2.48. The van der Waals surface area contributed by atoms with Crippen LogP contribution in [0.5, 0.6) is 0 Å². The molecule has 1 fully saturated rings. The second kappa shape index (κ2) is 6.97. The van der Waals surface area contributed by atoms with E-state index in [2.05, 4.69) is 10.0 Å². The zero-order chi connectivity index (χ0) is 15.3. The van der Waals surface area contributed by atoms with Gasteiger partial charge >= 0.3 is 5.97 Å². The average molecular weight is 309 g/mol. The molecule has 0 aliphatic carbocycles. The normalized spacial score (nSPS) is 24.3. The molecule has 9 nitrogen and oxygen atoms in total. The minimum absolute atomic E-state index is 0.205. The van der Waals surface area contributed by atoms with Gasteiger partial charge in [0, 0.05) is 13.1 Å². The minimum Gasteiger partial charge on any atom is -0.480 e. The number of rotatable bonds is 6. The van der Waals surface area contributed by atoms with Crippen molar-refractivity contribution in [2.24, 2.45) is 0 Å². The number of carboxylic acid groups (broad SMARTS) is 1. The van der Waals surface area contributed by atoms with E-state index in [9.17, 15) is 18.0 Å². The van der Waals surface area contributed by atoms with Gasteiger partial charge < -0.3 is 15.2 Å². The predicted molar refractivity (Wildman–Crippen MR) is 69.2 cm³/mol. The lowest BCUT2D eigenvalue weighted by atomic mass is 10.3. The van der Waals surface area contributed by atoms with Crippen molar-refractivity contribution in [3.8, 4) is 0 Å². The highest BCUT2D eigenvalue weighted by atomic mass is 32.2. The number of aliphatic carboxylic acids is 1. The van der Waals surface area contributed by atoms with Crippen LogP contribution in [0.25, 0.3) is 0 Å². The monoisotopic (exact) mass is 309 g/mol. The topological polar surface area (TPSA) is 125 Å². The number of carbonyl (C=O) groups excluding carboxylic acids is 1. The first-order valence-corrected chi connectivity index (χ1v) is 7.53. The van der Waals surface area contributed by atoms with Crippen molar-refractivity contribution >= 4 is 22.1 Å². The van der Waals surface area contributed by atoms with Crippen LogP contribution < -0.4 is 10.0 Å². The summed E-state index contributed by atoms with van der Waals surface area (Å²) in [7, 11) is -3.79. The SMILES string of the molecule is CC1CN(S(=O)(=O)NCC(=O)NCC(=O)O)CC(C)O1. The van der Waals surface area contributed by atoms with Gasteiger partial charge in [0.1, 0.15) is 6.54 Å². The Hall–Kier alpha value is -1.23. The second-order valence-electron chi connectivity index (χ2n) is 4.57. The summed E-state index contributed by atoms with van der Waals surface area (Å²) in [5.41, 5.74) is 0. The molecule has 1 amide bonds. The molecule has 0 radical (unpaired) electrons. The molecule has 116 valence electrons. The van der Waals surface area contributed by atoms with Crippen molar-refractivity contribution in [1.29, 1.82) is 0 Å². The van der Waals surface area contributed by atoms with Crippen LogP contribution in [-0.4, -0.2) is 68.1 Å². The number of carboxylic acids is 1. The van der Waals surface area contributed by atoms with E-state index in [1.54, 1.807) is 13.8 Å². The molecular weight excluding hydrogens is 290 g/mol. The van der Waals surface area contributed by atoms with Crippen molar-refractivity contribution in [2.45, 2.75) is 26.1 Å². The molecule has 1 aliphatic heterocycles. The number of morpholine rings is 1. The van der Waals surface area contributed by atoms with Crippen molar-refractivity contribution in [3.05, 3.63) is 0 Å². The van der Waals surface area contributed by atoms with E-state index in [0.717, 1.165) is 0 Å². The number of nitrogens with zero attached hydrogens (tertiary/aromatic N) is 1. The molecule has 2 atom stereocenters. The number of nitrogens with one attached hydrogen (secondary N) is 2. The predicted octanol–water partition coefficient (Wildman–Crippen LogP) is -1.87. The molecule has 0 spiro atoms. The van der Waals surface area contributed by atoms with Gasteiger partial charge in [-0.15, -0.1) is 0 Å². The molecule has 0 saturated carbocycles. The second-order valence-corrected chi connectivity index (χ2v) is 6.33. The lowest BCUT2D eigenvalue weighted by Gasteiger charge is -2.34. The van der Waals surface area contributed by atoms with Crippen molar-refractivity contribution < 1.29 is 27.9 Å². The number of carbonyl (C=O) groups is 2. The zero-order valence-electron chi connectivity index (χ0n) is 11.3. The van der Waals surface area contributed by atoms with Crippen LogP contribution in [-0.2, 0) is 24.5 Å². The van der Waals surface area contributed by atoms with E-state index in [-0.39, 0.29) is 25.3 Å². The first-order chi connectivity index (χ1) is 9.20. The first kappa shape index (κ1) is 16.8. The minimum atomic E-state index is -3.79. The molecule has 3 N–H and O–H groups in total. The molecule has 0 bridgehead atoms. The van der Waals surface area contributed by atoms with E-state index in [0.29, 0.717) is 0 Å². The summed E-state index contributed by atoms with van der Waals surface area (Å²) in [6.45, 7) is 2.88. The Morgan fingerprint density at radius 3 is 2.30 bits per heavy atom. The number of amides is 1. The highest BCUT2D eigenvalue weighted by molar-refractivity contribution is 7.87. The molecule has 20 heavy (non-hydrogen) atoms. The number of hydrogen-bond donors (Lipinski definition) is 3. The van der Waals surface area contributed by atoms with Gasteiger partial charge in [-0.3, -0.25) is 9.59 Å². The van der Waals surface area contributed by atoms with E-state index in [1.165, 1.54) is 4.31 Å². The van der Waals surface area contributed by atoms with Gasteiger partial charge in [0.05, 0.1) is 18.8 Å². The zero-order valence-corrected chi connectivity index (χ0v) is 12.1. The van der Waals surface area contributed by atoms with Gasteiger partial charge in [0.15, 0.2) is 0 Å². The third-order valence-corrected chi connectivity index (χ3v) is 4.07. The highest BCUT2D eigenvalue weighted by Gasteiger charge is 2.31. The fourth-order valence-corrected chi connectivity index (χ4v) is 3.12. The summed E-state index contributed by atoms with van der Waals surface area (Å²) >= 11 is 0. The fraction of sp³-hybridized carbons (Fsp3) is 0.800. The van der Waals surface area contributed by atoms with Gasteiger partial charge in [-0.05, 0) is 13.8 Å². The third kappa shape index (κ3) is 5.41. The largest absolute Gasteiger partial charge is 0.480 e. The maximum absolute atomic E-state index is 12.0. The third-order valence-electron chi connectivity index (χ3n) is 2.58. The molecule has 0 aromatic heterocycles. The molecular formula is C10H19N3O6S. The van der Waals surface area contributed by atoms with Gasteiger partial charge in [0.2, 0.25) is 5.91 Å².